The smallest absolute Gasteiger partial charge is 0.225 e. The lowest BCUT2D eigenvalue weighted by Crippen LogP contribution is -2.30. The van der Waals surface area contributed by atoms with Crippen LogP contribution in [0, 0.1) is 0 Å². The standard InChI is InChI=1S/C23H24N2O4/c1-27-19-13-16(14-20(28-2)23(19)29-3)15-21(26)25-22(17-7-5-4-6-8-17)18-9-11-24-12-10-18/h4-14,22H,15H2,1-3H3,(H,25,26)/t22-/m1/s1. The highest BCUT2D eigenvalue weighted by atomic mass is 16.5. The van der Waals surface area contributed by atoms with Crippen LogP contribution in [0.25, 0.3) is 0 Å². The first-order valence-electron chi connectivity index (χ1n) is 9.19. The van der Waals surface area contributed by atoms with Crippen molar-refractivity contribution >= 4 is 5.91 Å². The van der Waals surface area contributed by atoms with Gasteiger partial charge in [0.1, 0.15) is 0 Å². The van der Waals surface area contributed by atoms with Gasteiger partial charge in [-0.05, 0) is 41.0 Å². The molecule has 0 saturated carbocycles. The SMILES string of the molecule is COc1cc(CC(=O)N[C@H](c2ccccc2)c2ccncc2)cc(OC)c1OC. The number of nitrogens with one attached hydrogen (secondary N) is 1. The highest BCUT2D eigenvalue weighted by molar-refractivity contribution is 5.80. The topological polar surface area (TPSA) is 69.7 Å². The minimum absolute atomic E-state index is 0.120. The molecule has 0 fully saturated rings. The number of nitrogens with zero attached hydrogens (tertiary/aromatic N) is 1. The van der Waals surface area contributed by atoms with E-state index in [4.69, 9.17) is 14.2 Å². The van der Waals surface area contributed by atoms with Crippen LogP contribution in [0.15, 0.2) is 67.0 Å². The van der Waals surface area contributed by atoms with Gasteiger partial charge in [-0.1, -0.05) is 30.3 Å². The van der Waals surface area contributed by atoms with E-state index in [2.05, 4.69) is 10.3 Å². The lowest BCUT2D eigenvalue weighted by atomic mass is 9.99. The molecule has 0 aliphatic heterocycles. The lowest BCUT2D eigenvalue weighted by molar-refractivity contribution is -0.120. The van der Waals surface area contributed by atoms with Crippen molar-refractivity contribution in [3.05, 3.63) is 83.7 Å². The molecular weight excluding hydrogens is 368 g/mol. The summed E-state index contributed by atoms with van der Waals surface area (Å²) in [7, 11) is 4.65. The summed E-state index contributed by atoms with van der Waals surface area (Å²) in [6.07, 6.45) is 3.61. The first kappa shape index (κ1) is 20.2. The Hall–Kier alpha value is -3.54. The summed E-state index contributed by atoms with van der Waals surface area (Å²) in [5, 5.41) is 3.12. The summed E-state index contributed by atoms with van der Waals surface area (Å²) in [5.41, 5.74) is 2.72. The second-order valence-electron chi connectivity index (χ2n) is 6.40. The third-order valence-corrected chi connectivity index (χ3v) is 4.57. The Labute approximate surface area is 170 Å². The number of carbonyl (C=O) groups excluding carboxylic acids is 1. The van der Waals surface area contributed by atoms with Crippen molar-refractivity contribution in [2.75, 3.05) is 21.3 Å². The van der Waals surface area contributed by atoms with Gasteiger partial charge in [-0.25, -0.2) is 0 Å². The van der Waals surface area contributed by atoms with E-state index >= 15 is 0 Å². The molecule has 6 nitrogen and oxygen atoms in total. The third kappa shape index (κ3) is 4.85. The van der Waals surface area contributed by atoms with Crippen molar-refractivity contribution < 1.29 is 19.0 Å². The largest absolute Gasteiger partial charge is 0.493 e. The van der Waals surface area contributed by atoms with E-state index < -0.39 is 0 Å². The van der Waals surface area contributed by atoms with Crippen LogP contribution in [0.5, 0.6) is 17.2 Å². The van der Waals surface area contributed by atoms with E-state index in [-0.39, 0.29) is 18.4 Å². The first-order valence-corrected chi connectivity index (χ1v) is 9.19. The Kier molecular flexibility index (Phi) is 6.68. The molecule has 0 unspecified atom stereocenters. The maximum absolute atomic E-state index is 12.9. The maximum atomic E-state index is 12.9. The number of hydrogen-bond donors (Lipinski definition) is 1. The monoisotopic (exact) mass is 392 g/mol. The molecule has 1 aromatic heterocycles. The first-order chi connectivity index (χ1) is 14.2. The molecule has 6 heteroatoms. The van der Waals surface area contributed by atoms with Gasteiger partial charge in [0.25, 0.3) is 0 Å². The van der Waals surface area contributed by atoms with E-state index in [1.807, 2.05) is 42.5 Å². The molecule has 29 heavy (non-hydrogen) atoms. The minimum atomic E-state index is -0.270. The number of pyridine rings is 1. The lowest BCUT2D eigenvalue weighted by Gasteiger charge is -2.20. The predicted molar refractivity (Wildman–Crippen MR) is 110 cm³/mol. The number of amides is 1. The zero-order valence-corrected chi connectivity index (χ0v) is 16.7. The van der Waals surface area contributed by atoms with Crippen LogP contribution in [-0.4, -0.2) is 32.2 Å². The maximum Gasteiger partial charge on any atom is 0.225 e. The van der Waals surface area contributed by atoms with Gasteiger partial charge in [-0.15, -0.1) is 0 Å². The fourth-order valence-corrected chi connectivity index (χ4v) is 3.20. The fraction of sp³-hybridized carbons (Fsp3) is 0.217. The quantitative estimate of drug-likeness (QED) is 0.635. The number of rotatable bonds is 8. The molecule has 1 atom stereocenters. The number of methoxy groups -OCH3 is 3. The van der Waals surface area contributed by atoms with Gasteiger partial charge in [0.2, 0.25) is 11.7 Å². The molecule has 0 aliphatic rings. The van der Waals surface area contributed by atoms with Gasteiger partial charge >= 0.3 is 0 Å². The second kappa shape index (κ2) is 9.59. The van der Waals surface area contributed by atoms with Crippen LogP contribution in [0.3, 0.4) is 0 Å². The van der Waals surface area contributed by atoms with Crippen molar-refractivity contribution in [2.24, 2.45) is 0 Å². The van der Waals surface area contributed by atoms with E-state index in [9.17, 15) is 4.79 Å². The van der Waals surface area contributed by atoms with Crippen LogP contribution in [-0.2, 0) is 11.2 Å². The number of benzene rings is 2. The van der Waals surface area contributed by atoms with E-state index in [0.717, 1.165) is 16.7 Å². The Morgan fingerprint density at radius 1 is 0.897 bits per heavy atom. The van der Waals surface area contributed by atoms with Crippen LogP contribution >= 0.6 is 0 Å². The van der Waals surface area contributed by atoms with Crippen LogP contribution < -0.4 is 19.5 Å². The zero-order chi connectivity index (χ0) is 20.6. The van der Waals surface area contributed by atoms with Gasteiger partial charge in [0.05, 0.1) is 33.8 Å². The zero-order valence-electron chi connectivity index (χ0n) is 16.7. The molecule has 1 N–H and O–H groups in total. The van der Waals surface area contributed by atoms with Crippen molar-refractivity contribution in [1.29, 1.82) is 0 Å². The van der Waals surface area contributed by atoms with Crippen LogP contribution in [0.2, 0.25) is 0 Å². The molecule has 1 heterocycles. The number of aromatic nitrogens is 1. The predicted octanol–water partition coefficient (Wildman–Crippen LogP) is 3.56. The fourth-order valence-electron chi connectivity index (χ4n) is 3.20. The average molecular weight is 392 g/mol. The minimum Gasteiger partial charge on any atom is -0.493 e. The third-order valence-electron chi connectivity index (χ3n) is 4.57. The van der Waals surface area contributed by atoms with Crippen molar-refractivity contribution in [1.82, 2.24) is 10.3 Å². The average Bonchev–Trinajstić information content (AvgIpc) is 2.77. The summed E-state index contributed by atoms with van der Waals surface area (Å²) < 4.78 is 16.1. The van der Waals surface area contributed by atoms with Gasteiger partial charge in [0.15, 0.2) is 11.5 Å². The van der Waals surface area contributed by atoms with E-state index in [0.29, 0.717) is 17.2 Å². The van der Waals surface area contributed by atoms with Gasteiger partial charge in [0, 0.05) is 12.4 Å². The summed E-state index contributed by atoms with van der Waals surface area (Å²) >= 11 is 0. The highest BCUT2D eigenvalue weighted by Crippen LogP contribution is 2.38. The molecule has 2 aromatic carbocycles. The molecule has 0 spiro atoms. The summed E-state index contributed by atoms with van der Waals surface area (Å²) in [4.78, 5) is 17.0. The van der Waals surface area contributed by atoms with Crippen molar-refractivity contribution in [3.8, 4) is 17.2 Å². The Morgan fingerprint density at radius 3 is 2.03 bits per heavy atom. The van der Waals surface area contributed by atoms with Crippen LogP contribution in [0.1, 0.15) is 22.7 Å². The molecule has 150 valence electrons. The molecule has 0 radical (unpaired) electrons. The van der Waals surface area contributed by atoms with Crippen molar-refractivity contribution in [3.63, 3.8) is 0 Å². The molecule has 1 amide bonds. The molecule has 0 saturated heterocycles. The normalized spacial score (nSPS) is 11.4. The van der Waals surface area contributed by atoms with Crippen molar-refractivity contribution in [2.45, 2.75) is 12.5 Å². The molecular formula is C23H24N2O4. The Balaban J connectivity index is 1.84. The highest BCUT2D eigenvalue weighted by Gasteiger charge is 2.19. The summed E-state index contributed by atoms with van der Waals surface area (Å²) in [6.45, 7) is 0. The Bertz CT molecular complexity index is 881. The summed E-state index contributed by atoms with van der Waals surface area (Å²) in [6, 6.07) is 16.9. The number of hydrogen-bond acceptors (Lipinski definition) is 5. The summed E-state index contributed by atoms with van der Waals surface area (Å²) in [5.74, 6) is 1.41. The van der Waals surface area contributed by atoms with E-state index in [1.165, 1.54) is 0 Å². The molecule has 3 rings (SSSR count). The number of carbonyl (C=O) groups is 1. The number of ether oxygens (including phenoxy) is 3. The van der Waals surface area contributed by atoms with Gasteiger partial charge in [-0.3, -0.25) is 9.78 Å². The van der Waals surface area contributed by atoms with Gasteiger partial charge in [-0.2, -0.15) is 0 Å². The Morgan fingerprint density at radius 2 is 1.48 bits per heavy atom. The van der Waals surface area contributed by atoms with Crippen LogP contribution in [0.4, 0.5) is 0 Å². The second-order valence-corrected chi connectivity index (χ2v) is 6.40. The van der Waals surface area contributed by atoms with Gasteiger partial charge < -0.3 is 19.5 Å². The van der Waals surface area contributed by atoms with E-state index in [1.54, 1.807) is 45.9 Å². The molecule has 3 aromatic rings. The molecule has 0 aliphatic carbocycles. The molecule has 0 bridgehead atoms.